The van der Waals surface area contributed by atoms with Crippen LogP contribution >= 0.6 is 0 Å². The lowest BCUT2D eigenvalue weighted by Gasteiger charge is -2.16. The Morgan fingerprint density at radius 1 is 1.35 bits per heavy atom. The van der Waals surface area contributed by atoms with Gasteiger partial charge in [-0.25, -0.2) is 0 Å². The van der Waals surface area contributed by atoms with Gasteiger partial charge in [0.15, 0.2) is 0 Å². The Hall–Kier alpha value is -1.85. The van der Waals surface area contributed by atoms with Crippen molar-refractivity contribution in [3.8, 4) is 5.75 Å². The molecule has 5 nitrogen and oxygen atoms in total. The van der Waals surface area contributed by atoms with E-state index in [1.54, 1.807) is 7.11 Å². The van der Waals surface area contributed by atoms with E-state index < -0.39 is 0 Å². The molecular formula is C15H22N4O. The minimum atomic E-state index is 0.100. The van der Waals surface area contributed by atoms with Gasteiger partial charge in [0.2, 0.25) is 0 Å². The van der Waals surface area contributed by atoms with E-state index in [2.05, 4.69) is 28.7 Å². The largest absolute Gasteiger partial charge is 0.497 e. The minimum absolute atomic E-state index is 0.100. The Labute approximate surface area is 119 Å². The number of nitrogens with zero attached hydrogens (tertiary/aromatic N) is 2. The van der Waals surface area contributed by atoms with Gasteiger partial charge in [-0.1, -0.05) is 12.1 Å². The molecule has 2 rings (SSSR count). The van der Waals surface area contributed by atoms with Gasteiger partial charge in [0.1, 0.15) is 5.75 Å². The molecule has 1 aromatic carbocycles. The van der Waals surface area contributed by atoms with Crippen molar-refractivity contribution in [3.05, 3.63) is 47.3 Å². The van der Waals surface area contributed by atoms with Crippen LogP contribution in [0.4, 0.5) is 0 Å². The highest BCUT2D eigenvalue weighted by atomic mass is 16.5. The number of nitrogens with two attached hydrogens (primary N) is 1. The molecule has 0 saturated heterocycles. The maximum absolute atomic E-state index is 5.68. The van der Waals surface area contributed by atoms with Crippen molar-refractivity contribution in [1.82, 2.24) is 15.2 Å². The Morgan fingerprint density at radius 2 is 2.05 bits per heavy atom. The fourth-order valence-corrected chi connectivity index (χ4v) is 2.38. The maximum Gasteiger partial charge on any atom is 0.118 e. The van der Waals surface area contributed by atoms with E-state index in [1.807, 2.05) is 30.8 Å². The molecule has 0 aliphatic carbocycles. The van der Waals surface area contributed by atoms with E-state index in [9.17, 15) is 0 Å². The summed E-state index contributed by atoms with van der Waals surface area (Å²) in [5.41, 5.74) is 6.26. The number of hydrazine groups is 1. The van der Waals surface area contributed by atoms with Gasteiger partial charge in [0, 0.05) is 7.05 Å². The van der Waals surface area contributed by atoms with Crippen molar-refractivity contribution in [3.63, 3.8) is 0 Å². The van der Waals surface area contributed by atoms with Crippen LogP contribution in [0, 0.1) is 6.92 Å². The van der Waals surface area contributed by atoms with Crippen molar-refractivity contribution in [2.45, 2.75) is 25.8 Å². The molecule has 3 N–H and O–H groups in total. The second kappa shape index (κ2) is 6.54. The fraction of sp³-hybridized carbons (Fsp3) is 0.400. The molecule has 0 amide bonds. The Morgan fingerprint density at radius 3 is 2.55 bits per heavy atom. The number of methoxy groups -OCH3 is 1. The molecule has 0 aliphatic heterocycles. The summed E-state index contributed by atoms with van der Waals surface area (Å²) in [5, 5.41) is 4.36. The zero-order valence-corrected chi connectivity index (χ0v) is 12.3. The summed E-state index contributed by atoms with van der Waals surface area (Å²) < 4.78 is 7.04. The fourth-order valence-electron chi connectivity index (χ4n) is 2.38. The summed E-state index contributed by atoms with van der Waals surface area (Å²) in [5.74, 6) is 6.56. The normalized spacial score (nSPS) is 12.4. The smallest absolute Gasteiger partial charge is 0.118 e. The summed E-state index contributed by atoms with van der Waals surface area (Å²) in [6.45, 7) is 1.99. The number of rotatable bonds is 6. The van der Waals surface area contributed by atoms with Gasteiger partial charge < -0.3 is 4.74 Å². The highest BCUT2D eigenvalue weighted by molar-refractivity contribution is 5.27. The third-order valence-electron chi connectivity index (χ3n) is 3.48. The van der Waals surface area contributed by atoms with E-state index in [0.717, 1.165) is 30.0 Å². The zero-order chi connectivity index (χ0) is 14.5. The number of ether oxygens (including phenoxy) is 1. The molecule has 0 radical (unpaired) electrons. The second-order valence-corrected chi connectivity index (χ2v) is 4.94. The van der Waals surface area contributed by atoms with Crippen molar-refractivity contribution in [2.24, 2.45) is 12.9 Å². The summed E-state index contributed by atoms with van der Waals surface area (Å²) in [4.78, 5) is 0. The van der Waals surface area contributed by atoms with Gasteiger partial charge in [-0.15, -0.1) is 0 Å². The summed E-state index contributed by atoms with van der Waals surface area (Å²) >= 11 is 0. The van der Waals surface area contributed by atoms with Gasteiger partial charge in [0.25, 0.3) is 0 Å². The molecule has 1 unspecified atom stereocenters. The lowest BCUT2D eigenvalue weighted by Crippen LogP contribution is -2.30. The van der Waals surface area contributed by atoms with Crippen molar-refractivity contribution in [1.29, 1.82) is 0 Å². The van der Waals surface area contributed by atoms with Crippen molar-refractivity contribution < 1.29 is 4.74 Å². The standard InChI is InChI=1S/C15H22N4O/c1-11-10-15(19(2)18-11)14(17-16)9-6-12-4-7-13(20-3)8-5-12/h4-5,7-8,10,14,17H,6,9,16H2,1-3H3. The topological polar surface area (TPSA) is 65.1 Å². The molecule has 2 aromatic rings. The zero-order valence-electron chi connectivity index (χ0n) is 12.3. The van der Waals surface area contributed by atoms with E-state index in [4.69, 9.17) is 10.6 Å². The SMILES string of the molecule is COc1ccc(CCC(NN)c2cc(C)nn2C)cc1. The molecule has 1 atom stereocenters. The lowest BCUT2D eigenvalue weighted by molar-refractivity contribution is 0.414. The molecule has 20 heavy (non-hydrogen) atoms. The second-order valence-electron chi connectivity index (χ2n) is 4.94. The highest BCUT2D eigenvalue weighted by Gasteiger charge is 2.14. The first-order valence-corrected chi connectivity index (χ1v) is 6.73. The van der Waals surface area contributed by atoms with Crippen LogP contribution in [-0.2, 0) is 13.5 Å². The van der Waals surface area contributed by atoms with E-state index in [0.29, 0.717) is 0 Å². The Bertz CT molecular complexity index is 548. The number of aryl methyl sites for hydroxylation is 3. The van der Waals surface area contributed by atoms with Crippen LogP contribution in [-0.4, -0.2) is 16.9 Å². The Kier molecular flexibility index (Phi) is 4.76. The molecule has 0 saturated carbocycles. The molecule has 0 spiro atoms. The number of hydrogen-bond acceptors (Lipinski definition) is 4. The Balaban J connectivity index is 2.01. The first kappa shape index (κ1) is 14.6. The average molecular weight is 274 g/mol. The first-order valence-electron chi connectivity index (χ1n) is 6.73. The predicted molar refractivity (Wildman–Crippen MR) is 79.3 cm³/mol. The van der Waals surface area contributed by atoms with E-state index >= 15 is 0 Å². The van der Waals surface area contributed by atoms with Crippen LogP contribution in [0.25, 0.3) is 0 Å². The molecule has 0 aliphatic rings. The predicted octanol–water partition coefficient (Wildman–Crippen LogP) is 1.87. The van der Waals surface area contributed by atoms with Crippen LogP contribution in [0.1, 0.15) is 29.4 Å². The van der Waals surface area contributed by atoms with Gasteiger partial charge >= 0.3 is 0 Å². The van der Waals surface area contributed by atoms with Crippen molar-refractivity contribution in [2.75, 3.05) is 7.11 Å². The highest BCUT2D eigenvalue weighted by Crippen LogP contribution is 2.20. The molecule has 1 heterocycles. The van der Waals surface area contributed by atoms with Crippen LogP contribution < -0.4 is 16.0 Å². The lowest BCUT2D eigenvalue weighted by atomic mass is 10.0. The third-order valence-corrected chi connectivity index (χ3v) is 3.48. The van der Waals surface area contributed by atoms with Gasteiger partial charge in [-0.3, -0.25) is 16.0 Å². The van der Waals surface area contributed by atoms with Crippen LogP contribution in [0.15, 0.2) is 30.3 Å². The number of aromatic nitrogens is 2. The summed E-state index contributed by atoms with van der Waals surface area (Å²) in [6, 6.07) is 10.3. The van der Waals surface area contributed by atoms with Crippen LogP contribution in [0.5, 0.6) is 5.75 Å². The molecule has 0 bridgehead atoms. The van der Waals surface area contributed by atoms with Gasteiger partial charge in [-0.2, -0.15) is 5.10 Å². The molecule has 0 fully saturated rings. The number of hydrogen-bond donors (Lipinski definition) is 2. The number of nitrogens with one attached hydrogen (secondary N) is 1. The summed E-state index contributed by atoms with van der Waals surface area (Å²) in [7, 11) is 3.62. The van der Waals surface area contributed by atoms with E-state index in [1.165, 1.54) is 5.56 Å². The molecule has 108 valence electrons. The molecular weight excluding hydrogens is 252 g/mol. The minimum Gasteiger partial charge on any atom is -0.497 e. The monoisotopic (exact) mass is 274 g/mol. The van der Waals surface area contributed by atoms with Crippen LogP contribution in [0.2, 0.25) is 0 Å². The van der Waals surface area contributed by atoms with Crippen LogP contribution in [0.3, 0.4) is 0 Å². The van der Waals surface area contributed by atoms with Gasteiger partial charge in [-0.05, 0) is 43.5 Å². The molecule has 1 aromatic heterocycles. The van der Waals surface area contributed by atoms with Gasteiger partial charge in [0.05, 0.1) is 24.5 Å². The first-order chi connectivity index (χ1) is 9.63. The van der Waals surface area contributed by atoms with Crippen molar-refractivity contribution >= 4 is 0 Å². The third kappa shape index (κ3) is 3.37. The number of benzene rings is 1. The maximum atomic E-state index is 5.68. The van der Waals surface area contributed by atoms with E-state index in [-0.39, 0.29) is 6.04 Å². The molecule has 5 heteroatoms. The quantitative estimate of drug-likeness (QED) is 0.623. The summed E-state index contributed by atoms with van der Waals surface area (Å²) in [6.07, 6.45) is 1.87. The average Bonchev–Trinajstić information content (AvgIpc) is 2.79.